The summed E-state index contributed by atoms with van der Waals surface area (Å²) in [5, 5.41) is 7.16. The van der Waals surface area contributed by atoms with Crippen molar-refractivity contribution in [2.45, 2.75) is 25.3 Å². The number of hydrogen-bond acceptors (Lipinski definition) is 8. The Bertz CT molecular complexity index is 907. The number of nitrogens with zero attached hydrogens (tertiary/aromatic N) is 2. The van der Waals surface area contributed by atoms with Gasteiger partial charge in [0, 0.05) is 10.0 Å². The molecule has 15 heteroatoms. The molecule has 0 bridgehead atoms. The molecule has 1 aliphatic rings. The van der Waals surface area contributed by atoms with Gasteiger partial charge in [-0.1, -0.05) is 15.9 Å². The van der Waals surface area contributed by atoms with Gasteiger partial charge in [-0.2, -0.15) is 27.7 Å². The van der Waals surface area contributed by atoms with Crippen LogP contribution in [0, 0.1) is 16.7 Å². The quantitative estimate of drug-likeness (QED) is 0.389. The SMILES string of the molecule is CO[N+](=O)OCC(CO[N+](=O)O)OC(=O)C1=Cc2cc(Br)cc(C)c2OC1C(F)(F)F. The lowest BCUT2D eigenvalue weighted by Crippen LogP contribution is -2.42. The largest absolute Gasteiger partial charge is 0.477 e. The maximum Gasteiger partial charge on any atom is 0.477 e. The monoisotopic (exact) mass is 516 g/mol. The van der Waals surface area contributed by atoms with Gasteiger partial charge in [0.15, 0.2) is 13.2 Å². The van der Waals surface area contributed by atoms with Crippen molar-refractivity contribution < 1.29 is 57.3 Å². The number of benzene rings is 1. The summed E-state index contributed by atoms with van der Waals surface area (Å²) in [7, 11) is 0.952. The molecule has 2 rings (SSSR count). The summed E-state index contributed by atoms with van der Waals surface area (Å²) in [5.41, 5.74) is -0.304. The molecule has 1 aromatic carbocycles. The van der Waals surface area contributed by atoms with Gasteiger partial charge in [0.25, 0.3) is 0 Å². The van der Waals surface area contributed by atoms with E-state index in [-0.39, 0.29) is 16.4 Å². The summed E-state index contributed by atoms with van der Waals surface area (Å²) in [6.07, 6.45) is -8.23. The van der Waals surface area contributed by atoms with Crippen LogP contribution in [0.1, 0.15) is 11.1 Å². The fourth-order valence-electron chi connectivity index (χ4n) is 2.54. The first kappa shape index (κ1) is 24.2. The Balaban J connectivity index is 2.33. The highest BCUT2D eigenvalue weighted by Gasteiger charge is 2.49. The number of carbonyl (C=O) groups is 1. The maximum atomic E-state index is 13.6. The third-order valence-corrected chi connectivity index (χ3v) is 4.25. The summed E-state index contributed by atoms with van der Waals surface area (Å²) in [5.74, 6) is -1.54. The van der Waals surface area contributed by atoms with Crippen molar-refractivity contribution in [3.05, 3.63) is 43.1 Å². The average molecular weight is 517 g/mol. The molecule has 31 heavy (non-hydrogen) atoms. The number of hydrogen-bond donors (Lipinski definition) is 1. The second kappa shape index (κ2) is 9.80. The molecule has 2 unspecified atom stereocenters. The fourth-order valence-corrected chi connectivity index (χ4v) is 3.13. The number of esters is 1. The predicted molar refractivity (Wildman–Crippen MR) is 95.2 cm³/mol. The van der Waals surface area contributed by atoms with E-state index in [0.29, 0.717) is 10.0 Å². The molecule has 0 spiro atoms. The molecule has 170 valence electrons. The molecule has 1 aliphatic heterocycles. The van der Waals surface area contributed by atoms with Gasteiger partial charge in [-0.05, 0) is 30.7 Å². The number of ether oxygens (including phenoxy) is 2. The number of alkyl halides is 3. The molecular formula is C16H16BrF3N2O9+2. The molecule has 1 N–H and O–H groups in total. The zero-order chi connectivity index (χ0) is 23.3. The minimum absolute atomic E-state index is 0.0605. The van der Waals surface area contributed by atoms with Gasteiger partial charge in [0.1, 0.15) is 15.6 Å². The maximum absolute atomic E-state index is 13.6. The van der Waals surface area contributed by atoms with E-state index in [1.165, 1.54) is 13.0 Å². The van der Waals surface area contributed by atoms with Crippen LogP contribution in [0.25, 0.3) is 6.08 Å². The van der Waals surface area contributed by atoms with Crippen molar-refractivity contribution in [1.29, 1.82) is 0 Å². The Morgan fingerprint density at radius 1 is 1.29 bits per heavy atom. The number of rotatable bonds is 9. The molecule has 0 fully saturated rings. The van der Waals surface area contributed by atoms with Crippen LogP contribution >= 0.6 is 15.9 Å². The van der Waals surface area contributed by atoms with Crippen LogP contribution in [-0.2, 0) is 24.0 Å². The summed E-state index contributed by atoms with van der Waals surface area (Å²) >= 11 is 3.21. The summed E-state index contributed by atoms with van der Waals surface area (Å²) in [6.45, 7) is -0.0920. The highest BCUT2D eigenvalue weighted by Crippen LogP contribution is 2.40. The van der Waals surface area contributed by atoms with Crippen molar-refractivity contribution in [1.82, 2.24) is 0 Å². The van der Waals surface area contributed by atoms with Gasteiger partial charge in [0.05, 0.1) is 5.57 Å². The Labute approximate surface area is 180 Å². The summed E-state index contributed by atoms with van der Waals surface area (Å²) in [4.78, 5) is 46.8. The first-order valence-electron chi connectivity index (χ1n) is 8.31. The van der Waals surface area contributed by atoms with Crippen molar-refractivity contribution in [2.24, 2.45) is 0 Å². The molecule has 0 amide bonds. The number of aryl methyl sites for hydroxylation is 1. The lowest BCUT2D eigenvalue weighted by Gasteiger charge is -2.29. The van der Waals surface area contributed by atoms with Crippen molar-refractivity contribution >= 4 is 28.0 Å². The minimum Gasteiger partial charge on any atom is -0.475 e. The van der Waals surface area contributed by atoms with Crippen LogP contribution < -0.4 is 4.74 Å². The number of carbonyl (C=O) groups excluding carboxylic acids is 1. The molecule has 0 aliphatic carbocycles. The van der Waals surface area contributed by atoms with Crippen molar-refractivity contribution in [3.8, 4) is 5.75 Å². The molecule has 1 heterocycles. The Hall–Kier alpha value is -3.10. The second-order valence-corrected chi connectivity index (χ2v) is 6.96. The average Bonchev–Trinajstić information content (AvgIpc) is 2.67. The van der Waals surface area contributed by atoms with Crippen molar-refractivity contribution in [2.75, 3.05) is 20.3 Å². The van der Waals surface area contributed by atoms with Crippen LogP contribution in [0.2, 0.25) is 0 Å². The van der Waals surface area contributed by atoms with Crippen LogP contribution in [0.3, 0.4) is 0 Å². The molecular weight excluding hydrogens is 501 g/mol. The van der Waals surface area contributed by atoms with Gasteiger partial charge >= 0.3 is 22.3 Å². The zero-order valence-corrected chi connectivity index (χ0v) is 17.5. The van der Waals surface area contributed by atoms with Crippen LogP contribution in [0.4, 0.5) is 13.2 Å². The summed E-state index contributed by atoms with van der Waals surface area (Å²) in [6, 6.07) is 2.99. The highest BCUT2D eigenvalue weighted by atomic mass is 79.9. The third kappa shape index (κ3) is 6.44. The van der Waals surface area contributed by atoms with Gasteiger partial charge in [-0.25, -0.2) is 10.0 Å². The summed E-state index contributed by atoms with van der Waals surface area (Å²) < 4.78 is 51.2. The van der Waals surface area contributed by atoms with E-state index in [1.54, 1.807) is 6.07 Å². The first-order chi connectivity index (χ1) is 14.4. The Morgan fingerprint density at radius 2 is 1.94 bits per heavy atom. The lowest BCUT2D eigenvalue weighted by molar-refractivity contribution is -0.982. The van der Waals surface area contributed by atoms with Crippen LogP contribution in [-0.4, -0.2) is 60.1 Å². The highest BCUT2D eigenvalue weighted by molar-refractivity contribution is 9.10. The second-order valence-electron chi connectivity index (χ2n) is 6.04. The predicted octanol–water partition coefficient (Wildman–Crippen LogP) is 2.75. The minimum atomic E-state index is -4.97. The topological polar surface area (TPSA) is 124 Å². The van der Waals surface area contributed by atoms with E-state index in [0.717, 1.165) is 13.2 Å². The third-order valence-electron chi connectivity index (χ3n) is 3.79. The van der Waals surface area contributed by atoms with Gasteiger partial charge in [-0.3, -0.25) is 0 Å². The fraction of sp³-hybridized carbons (Fsp3) is 0.438. The Kier molecular flexibility index (Phi) is 7.65. The van der Waals surface area contributed by atoms with E-state index in [1.807, 2.05) is 0 Å². The van der Waals surface area contributed by atoms with Crippen molar-refractivity contribution in [3.63, 3.8) is 0 Å². The molecule has 0 aromatic heterocycles. The lowest BCUT2D eigenvalue weighted by atomic mass is 9.99. The zero-order valence-electron chi connectivity index (χ0n) is 15.9. The van der Waals surface area contributed by atoms with Crippen LogP contribution in [0.5, 0.6) is 5.75 Å². The molecule has 0 saturated carbocycles. The standard InChI is InChI=1S/C16H16BrF3N2O9/c1-8-3-10(17)4-9-5-12(14(16(18,19)20)31-13(8)9)15(23)30-11(6-28-21(24)25)7-29-22(26)27-2/h3-5,11,14H,6-7H2,1-2H3,(H,24,25)/q+2. The molecule has 1 aromatic rings. The van der Waals surface area contributed by atoms with Gasteiger partial charge < -0.3 is 9.47 Å². The molecule has 0 saturated heterocycles. The normalized spacial score (nSPS) is 16.2. The van der Waals surface area contributed by atoms with Gasteiger partial charge in [0.2, 0.25) is 19.3 Å². The smallest absolute Gasteiger partial charge is 0.475 e. The molecule has 11 nitrogen and oxygen atoms in total. The van der Waals surface area contributed by atoms with Crippen LogP contribution in [0.15, 0.2) is 22.2 Å². The van der Waals surface area contributed by atoms with E-state index < -0.39 is 48.2 Å². The van der Waals surface area contributed by atoms with Gasteiger partial charge in [-0.15, -0.1) is 0 Å². The van der Waals surface area contributed by atoms with E-state index >= 15 is 0 Å². The number of fused-ring (bicyclic) bond motifs is 1. The van der Waals surface area contributed by atoms with E-state index in [2.05, 4.69) is 30.4 Å². The van der Waals surface area contributed by atoms with E-state index in [9.17, 15) is 27.8 Å². The number of halogens is 4. The first-order valence-corrected chi connectivity index (χ1v) is 9.11. The van der Waals surface area contributed by atoms with E-state index in [4.69, 9.17) is 14.7 Å². The Morgan fingerprint density at radius 3 is 2.52 bits per heavy atom. The molecule has 2 atom stereocenters. The molecule has 0 radical (unpaired) electrons.